The Kier molecular flexibility index (Phi) is 2.36. The molecule has 1 aromatic carbocycles. The summed E-state index contributed by atoms with van der Waals surface area (Å²) in [6.07, 6.45) is 0. The number of carboxylic acid groups (broad SMARTS) is 1. The maximum absolute atomic E-state index is 11.3. The van der Waals surface area contributed by atoms with E-state index in [-0.39, 0.29) is 0 Å². The van der Waals surface area contributed by atoms with Gasteiger partial charge in [0.05, 0.1) is 0 Å². The summed E-state index contributed by atoms with van der Waals surface area (Å²) in [4.78, 5) is 22.0. The van der Waals surface area contributed by atoms with Crippen LogP contribution in [0.2, 0.25) is 0 Å². The van der Waals surface area contributed by atoms with Gasteiger partial charge in [-0.05, 0) is 5.56 Å². The summed E-state index contributed by atoms with van der Waals surface area (Å²) in [5.41, 5.74) is 0.0541. The summed E-state index contributed by atoms with van der Waals surface area (Å²) in [7, 11) is 0. The van der Waals surface area contributed by atoms with Crippen molar-refractivity contribution in [3.05, 3.63) is 47.2 Å². The van der Waals surface area contributed by atoms with Crippen molar-refractivity contribution in [1.29, 1.82) is 0 Å². The minimum Gasteiger partial charge on any atom is -0.509 e. The molecular weight excluding hydrogens is 210 g/mol. The van der Waals surface area contributed by atoms with E-state index in [4.69, 9.17) is 5.11 Å². The summed E-state index contributed by atoms with van der Waals surface area (Å²) >= 11 is 0. The molecule has 0 aromatic heterocycles. The molecular formula is C11H9NO4. The average molecular weight is 219 g/mol. The lowest BCUT2D eigenvalue weighted by atomic mass is 10.1. The van der Waals surface area contributed by atoms with Gasteiger partial charge in [-0.3, -0.25) is 4.79 Å². The molecule has 16 heavy (non-hydrogen) atoms. The van der Waals surface area contributed by atoms with Gasteiger partial charge in [0.15, 0.2) is 5.57 Å². The number of carboxylic acids is 1. The molecule has 1 atom stereocenters. The maximum Gasteiger partial charge on any atom is 0.344 e. The van der Waals surface area contributed by atoms with Gasteiger partial charge in [-0.15, -0.1) is 0 Å². The summed E-state index contributed by atoms with van der Waals surface area (Å²) < 4.78 is 0. The Balaban J connectivity index is 2.42. The number of carbonyl (C=O) groups excluding carboxylic acids is 1. The average Bonchev–Trinajstić information content (AvgIpc) is 2.55. The fraction of sp³-hybridized carbons (Fsp3) is 0.0909. The van der Waals surface area contributed by atoms with Crippen molar-refractivity contribution in [3.63, 3.8) is 0 Å². The highest BCUT2D eigenvalue weighted by molar-refractivity contribution is 6.18. The molecule has 0 aliphatic carbocycles. The molecule has 82 valence electrons. The predicted molar refractivity (Wildman–Crippen MR) is 54.6 cm³/mol. The molecule has 1 aliphatic heterocycles. The van der Waals surface area contributed by atoms with E-state index in [1.54, 1.807) is 30.3 Å². The van der Waals surface area contributed by atoms with Crippen molar-refractivity contribution in [2.45, 2.75) is 6.04 Å². The van der Waals surface area contributed by atoms with Crippen LogP contribution in [-0.4, -0.2) is 22.1 Å². The van der Waals surface area contributed by atoms with Crippen LogP contribution in [-0.2, 0) is 9.59 Å². The molecule has 0 fully saturated rings. The molecule has 0 spiro atoms. The van der Waals surface area contributed by atoms with Crippen LogP contribution in [0, 0.1) is 0 Å². The first-order chi connectivity index (χ1) is 7.61. The number of amides is 1. The molecule has 1 amide bonds. The highest BCUT2D eigenvalue weighted by atomic mass is 16.4. The Morgan fingerprint density at radius 2 is 1.88 bits per heavy atom. The fourth-order valence-electron chi connectivity index (χ4n) is 1.63. The van der Waals surface area contributed by atoms with Crippen molar-refractivity contribution >= 4 is 11.9 Å². The minimum absolute atomic E-state index is 0.441. The number of nitrogens with one attached hydrogen (secondary N) is 1. The standard InChI is InChI=1S/C11H9NO4/c13-9-7(11(15)16)10(14)12-8(9)6-4-2-1-3-5-6/h1-5,8,13H,(H,12,14)(H,15,16). The lowest BCUT2D eigenvalue weighted by Crippen LogP contribution is -2.23. The van der Waals surface area contributed by atoms with E-state index in [1.807, 2.05) is 0 Å². The first-order valence-corrected chi connectivity index (χ1v) is 4.63. The van der Waals surface area contributed by atoms with Gasteiger partial charge in [0, 0.05) is 0 Å². The van der Waals surface area contributed by atoms with Gasteiger partial charge in [-0.1, -0.05) is 30.3 Å². The lowest BCUT2D eigenvalue weighted by molar-refractivity contribution is -0.134. The summed E-state index contributed by atoms with van der Waals surface area (Å²) in [6.45, 7) is 0. The molecule has 0 radical (unpaired) electrons. The van der Waals surface area contributed by atoms with Gasteiger partial charge in [-0.2, -0.15) is 0 Å². The first kappa shape index (κ1) is 10.2. The van der Waals surface area contributed by atoms with Crippen LogP contribution in [0.1, 0.15) is 11.6 Å². The van der Waals surface area contributed by atoms with Gasteiger partial charge in [0.1, 0.15) is 11.8 Å². The van der Waals surface area contributed by atoms with Crippen LogP contribution in [0.25, 0.3) is 0 Å². The summed E-state index contributed by atoms with van der Waals surface area (Å²) in [5, 5.41) is 20.8. The Morgan fingerprint density at radius 1 is 1.25 bits per heavy atom. The van der Waals surface area contributed by atoms with Crippen molar-refractivity contribution < 1.29 is 19.8 Å². The molecule has 3 N–H and O–H groups in total. The van der Waals surface area contributed by atoms with Crippen LogP contribution in [0.3, 0.4) is 0 Å². The van der Waals surface area contributed by atoms with E-state index in [0.29, 0.717) is 5.56 Å². The molecule has 0 saturated heterocycles. The molecule has 1 aromatic rings. The Morgan fingerprint density at radius 3 is 2.38 bits per heavy atom. The van der Waals surface area contributed by atoms with Crippen LogP contribution in [0.15, 0.2) is 41.7 Å². The van der Waals surface area contributed by atoms with E-state index in [9.17, 15) is 14.7 Å². The zero-order valence-electron chi connectivity index (χ0n) is 8.18. The van der Waals surface area contributed by atoms with Gasteiger partial charge >= 0.3 is 5.97 Å². The SMILES string of the molecule is O=C(O)C1=C(O)C(c2ccccc2)NC1=O. The van der Waals surface area contributed by atoms with E-state index < -0.39 is 29.3 Å². The van der Waals surface area contributed by atoms with Gasteiger partial charge in [0.25, 0.3) is 5.91 Å². The second-order valence-corrected chi connectivity index (χ2v) is 3.38. The fourth-order valence-corrected chi connectivity index (χ4v) is 1.63. The van der Waals surface area contributed by atoms with E-state index in [0.717, 1.165) is 0 Å². The lowest BCUT2D eigenvalue weighted by Gasteiger charge is -2.10. The predicted octanol–water partition coefficient (Wildman–Crippen LogP) is 0.754. The molecule has 5 heteroatoms. The number of benzene rings is 1. The van der Waals surface area contributed by atoms with E-state index in [2.05, 4.69) is 5.32 Å². The van der Waals surface area contributed by atoms with Crippen molar-refractivity contribution in [1.82, 2.24) is 5.32 Å². The molecule has 1 heterocycles. The van der Waals surface area contributed by atoms with Crippen molar-refractivity contribution in [2.24, 2.45) is 0 Å². The molecule has 1 aliphatic rings. The number of rotatable bonds is 2. The highest BCUT2D eigenvalue weighted by Crippen LogP contribution is 2.27. The molecule has 5 nitrogen and oxygen atoms in total. The van der Waals surface area contributed by atoms with Gasteiger partial charge < -0.3 is 15.5 Å². The van der Waals surface area contributed by atoms with E-state index >= 15 is 0 Å². The van der Waals surface area contributed by atoms with Gasteiger partial charge in [0.2, 0.25) is 0 Å². The Labute approximate surface area is 91.0 Å². The minimum atomic E-state index is -1.42. The van der Waals surface area contributed by atoms with Crippen molar-refractivity contribution in [3.8, 4) is 0 Å². The maximum atomic E-state index is 11.3. The molecule has 0 saturated carbocycles. The smallest absolute Gasteiger partial charge is 0.344 e. The first-order valence-electron chi connectivity index (χ1n) is 4.63. The monoisotopic (exact) mass is 219 g/mol. The zero-order chi connectivity index (χ0) is 11.7. The summed E-state index contributed by atoms with van der Waals surface area (Å²) in [5.74, 6) is -2.63. The number of aliphatic hydroxyl groups excluding tert-OH is 1. The topological polar surface area (TPSA) is 86.6 Å². The third-order valence-corrected chi connectivity index (χ3v) is 2.38. The second-order valence-electron chi connectivity index (χ2n) is 3.38. The summed E-state index contributed by atoms with van der Waals surface area (Å²) in [6, 6.07) is 7.91. The second kappa shape index (κ2) is 3.69. The number of hydrogen-bond donors (Lipinski definition) is 3. The van der Waals surface area contributed by atoms with E-state index in [1.165, 1.54) is 0 Å². The molecule has 2 rings (SSSR count). The Bertz CT molecular complexity index is 478. The number of aliphatic carboxylic acids is 1. The quantitative estimate of drug-likeness (QED) is 0.641. The Hall–Kier alpha value is -2.30. The molecule has 0 bridgehead atoms. The third kappa shape index (κ3) is 1.52. The van der Waals surface area contributed by atoms with Crippen molar-refractivity contribution in [2.75, 3.05) is 0 Å². The van der Waals surface area contributed by atoms with Gasteiger partial charge in [-0.25, -0.2) is 4.79 Å². The zero-order valence-corrected chi connectivity index (χ0v) is 8.18. The normalized spacial score (nSPS) is 19.8. The largest absolute Gasteiger partial charge is 0.509 e. The van der Waals surface area contributed by atoms with Crippen LogP contribution >= 0.6 is 0 Å². The highest BCUT2D eigenvalue weighted by Gasteiger charge is 2.36. The number of hydrogen-bond acceptors (Lipinski definition) is 3. The molecule has 1 unspecified atom stereocenters. The third-order valence-electron chi connectivity index (χ3n) is 2.38. The number of aliphatic hydroxyl groups is 1. The van der Waals surface area contributed by atoms with Crippen LogP contribution < -0.4 is 5.32 Å². The van der Waals surface area contributed by atoms with Crippen LogP contribution in [0.4, 0.5) is 0 Å². The van der Waals surface area contributed by atoms with Crippen LogP contribution in [0.5, 0.6) is 0 Å². The number of carbonyl (C=O) groups is 2.